The van der Waals surface area contributed by atoms with Crippen LogP contribution in [0.4, 0.5) is 0 Å². The van der Waals surface area contributed by atoms with Gasteiger partial charge in [-0.2, -0.15) is 8.42 Å². The van der Waals surface area contributed by atoms with E-state index >= 15 is 0 Å². The van der Waals surface area contributed by atoms with Gasteiger partial charge in [0.25, 0.3) is 10.1 Å². The molecule has 1 aliphatic carbocycles. The number of benzene rings is 1. The first-order chi connectivity index (χ1) is 9.36. The van der Waals surface area contributed by atoms with E-state index < -0.39 is 27.2 Å². The Hall–Kier alpha value is -1.47. The van der Waals surface area contributed by atoms with Gasteiger partial charge in [-0.1, -0.05) is 17.7 Å². The Morgan fingerprint density at radius 3 is 2.30 bits per heavy atom. The largest absolute Gasteiger partial charge is 0.297 e. The lowest BCUT2D eigenvalue weighted by atomic mass is 10.0. The van der Waals surface area contributed by atoms with Gasteiger partial charge in [-0.25, -0.2) is 0 Å². The molecule has 0 heterocycles. The summed E-state index contributed by atoms with van der Waals surface area (Å²) in [4.78, 5) is 10.8. The fourth-order valence-corrected chi connectivity index (χ4v) is 3.35. The molecule has 1 saturated carbocycles. The monoisotopic (exact) mass is 299 g/mol. The predicted molar refractivity (Wildman–Crippen MR) is 72.5 cm³/mol. The van der Waals surface area contributed by atoms with E-state index in [9.17, 15) is 18.5 Å². The van der Waals surface area contributed by atoms with Gasteiger partial charge in [0.1, 0.15) is 6.61 Å². The molecule has 0 spiro atoms. The normalized spacial score (nSPS) is 18.1. The van der Waals surface area contributed by atoms with Crippen LogP contribution in [0.5, 0.6) is 0 Å². The highest BCUT2D eigenvalue weighted by Gasteiger charge is 2.47. The summed E-state index contributed by atoms with van der Waals surface area (Å²) in [5.41, 5.74) is -0.320. The maximum atomic E-state index is 12.0. The average molecular weight is 299 g/mol. The summed E-state index contributed by atoms with van der Waals surface area (Å²) in [5, 5.41) is 11.2. The van der Waals surface area contributed by atoms with Crippen LogP contribution in [0.1, 0.15) is 31.2 Å². The number of hydrogen-bond acceptors (Lipinski definition) is 5. The van der Waals surface area contributed by atoms with Crippen LogP contribution in [0.3, 0.4) is 0 Å². The van der Waals surface area contributed by atoms with Crippen molar-refractivity contribution in [3.8, 4) is 0 Å². The van der Waals surface area contributed by atoms with Gasteiger partial charge >= 0.3 is 0 Å². The molecule has 0 aliphatic heterocycles. The van der Waals surface area contributed by atoms with Crippen molar-refractivity contribution in [2.24, 2.45) is 0 Å². The van der Waals surface area contributed by atoms with Gasteiger partial charge in [-0.05, 0) is 31.9 Å². The van der Waals surface area contributed by atoms with Crippen LogP contribution in [0.15, 0.2) is 29.2 Å². The van der Waals surface area contributed by atoms with E-state index in [0.717, 1.165) is 18.4 Å². The molecule has 6 nitrogen and oxygen atoms in total. The van der Waals surface area contributed by atoms with Gasteiger partial charge in [-0.3, -0.25) is 14.3 Å². The highest BCUT2D eigenvalue weighted by atomic mass is 32.2. The Balaban J connectivity index is 2.13. The number of aryl methyl sites for hydroxylation is 1. The summed E-state index contributed by atoms with van der Waals surface area (Å²) in [7, 11) is -3.94. The van der Waals surface area contributed by atoms with Crippen molar-refractivity contribution in [3.05, 3.63) is 39.9 Å². The lowest BCUT2D eigenvalue weighted by Crippen LogP contribution is -2.40. The molecule has 0 amide bonds. The smallest absolute Gasteiger partial charge is 0.264 e. The molecule has 2 rings (SSSR count). The Morgan fingerprint density at radius 2 is 1.80 bits per heavy atom. The molecule has 20 heavy (non-hydrogen) atoms. The predicted octanol–water partition coefficient (Wildman–Crippen LogP) is 2.29. The fraction of sp³-hybridized carbons (Fsp3) is 0.538. The Bertz CT molecular complexity index is 588. The van der Waals surface area contributed by atoms with Crippen molar-refractivity contribution >= 4 is 10.1 Å². The van der Waals surface area contributed by atoms with Crippen molar-refractivity contribution in [1.82, 2.24) is 0 Å². The Kier molecular flexibility index (Phi) is 4.10. The van der Waals surface area contributed by atoms with Crippen LogP contribution in [-0.2, 0) is 14.3 Å². The quantitative estimate of drug-likeness (QED) is 0.473. The minimum atomic E-state index is -3.94. The molecule has 7 heteroatoms. The van der Waals surface area contributed by atoms with E-state index in [4.69, 9.17) is 4.18 Å². The number of hydrogen-bond donors (Lipinski definition) is 0. The van der Waals surface area contributed by atoms with Crippen LogP contribution in [-0.4, -0.2) is 25.5 Å². The van der Waals surface area contributed by atoms with Crippen LogP contribution in [0.25, 0.3) is 0 Å². The first-order valence-corrected chi connectivity index (χ1v) is 7.87. The SMILES string of the molecule is Cc1ccc(S(=O)(=O)OCC2([N+](=O)[O-])CCCC2)cc1. The van der Waals surface area contributed by atoms with Crippen molar-refractivity contribution < 1.29 is 17.5 Å². The molecule has 0 unspecified atom stereocenters. The number of rotatable bonds is 5. The highest BCUT2D eigenvalue weighted by Crippen LogP contribution is 2.33. The lowest BCUT2D eigenvalue weighted by molar-refractivity contribution is -0.570. The molecular weight excluding hydrogens is 282 g/mol. The molecule has 0 bridgehead atoms. The van der Waals surface area contributed by atoms with Crippen LogP contribution in [0.2, 0.25) is 0 Å². The summed E-state index contributed by atoms with van der Waals surface area (Å²) in [6.45, 7) is 1.45. The van der Waals surface area contributed by atoms with Gasteiger partial charge in [0.2, 0.25) is 5.54 Å². The molecule has 1 aromatic rings. The third kappa shape index (κ3) is 2.99. The molecule has 0 saturated heterocycles. The van der Waals surface area contributed by atoms with E-state index in [0.29, 0.717) is 12.8 Å². The maximum absolute atomic E-state index is 12.0. The molecule has 0 radical (unpaired) electrons. The molecule has 0 N–H and O–H groups in total. The third-order valence-electron chi connectivity index (χ3n) is 3.71. The summed E-state index contributed by atoms with van der Waals surface area (Å²) >= 11 is 0. The average Bonchev–Trinajstić information content (AvgIpc) is 2.87. The van der Waals surface area contributed by atoms with Crippen LogP contribution < -0.4 is 0 Å². The minimum absolute atomic E-state index is 0.0274. The second-order valence-corrected chi connectivity index (χ2v) is 6.83. The number of nitrogens with zero attached hydrogens (tertiary/aromatic N) is 1. The minimum Gasteiger partial charge on any atom is -0.264 e. The van der Waals surface area contributed by atoms with Gasteiger partial charge in [-0.15, -0.1) is 0 Å². The second-order valence-electron chi connectivity index (χ2n) is 5.22. The first-order valence-electron chi connectivity index (χ1n) is 6.46. The highest BCUT2D eigenvalue weighted by molar-refractivity contribution is 7.86. The summed E-state index contributed by atoms with van der Waals surface area (Å²) in [5.74, 6) is 0. The summed E-state index contributed by atoms with van der Waals surface area (Å²) in [6, 6.07) is 6.21. The van der Waals surface area contributed by atoms with Gasteiger partial charge in [0.15, 0.2) is 0 Å². The second kappa shape index (κ2) is 5.49. The Labute approximate surface area is 118 Å². The summed E-state index contributed by atoms with van der Waals surface area (Å²) < 4.78 is 29.0. The summed E-state index contributed by atoms with van der Waals surface area (Å²) in [6.07, 6.45) is 2.19. The molecule has 110 valence electrons. The van der Waals surface area contributed by atoms with Crippen molar-refractivity contribution in [3.63, 3.8) is 0 Å². The molecule has 1 aliphatic rings. The zero-order valence-electron chi connectivity index (χ0n) is 11.2. The van der Waals surface area contributed by atoms with Crippen molar-refractivity contribution in [2.45, 2.75) is 43.0 Å². The zero-order chi connectivity index (χ0) is 14.8. The topological polar surface area (TPSA) is 86.5 Å². The van der Waals surface area contributed by atoms with Gasteiger partial charge in [0.05, 0.1) is 4.90 Å². The van der Waals surface area contributed by atoms with Gasteiger partial charge in [0, 0.05) is 17.8 Å². The molecule has 1 fully saturated rings. The fourth-order valence-electron chi connectivity index (χ4n) is 2.37. The third-order valence-corrected chi connectivity index (χ3v) is 4.99. The molecule has 0 aromatic heterocycles. The zero-order valence-corrected chi connectivity index (χ0v) is 12.1. The molecule has 0 atom stereocenters. The number of nitro groups is 1. The van der Waals surface area contributed by atoms with E-state index in [1.165, 1.54) is 12.1 Å². The standard InChI is InChI=1S/C13H17NO5S/c1-11-4-6-12(7-5-11)20(17,18)19-10-13(14(15)16)8-2-3-9-13/h4-7H,2-3,8-10H2,1H3. The lowest BCUT2D eigenvalue weighted by Gasteiger charge is -2.19. The van der Waals surface area contributed by atoms with E-state index in [1.807, 2.05) is 6.92 Å². The van der Waals surface area contributed by atoms with E-state index in [-0.39, 0.29) is 4.90 Å². The van der Waals surface area contributed by atoms with Gasteiger partial charge < -0.3 is 0 Å². The maximum Gasteiger partial charge on any atom is 0.297 e. The van der Waals surface area contributed by atoms with E-state index in [2.05, 4.69) is 0 Å². The Morgan fingerprint density at radius 1 is 1.25 bits per heavy atom. The molecule has 1 aromatic carbocycles. The van der Waals surface area contributed by atoms with Crippen LogP contribution in [0, 0.1) is 17.0 Å². The van der Waals surface area contributed by atoms with Crippen molar-refractivity contribution in [2.75, 3.05) is 6.61 Å². The first kappa shape index (κ1) is 14.9. The molecular formula is C13H17NO5S. The van der Waals surface area contributed by atoms with Crippen molar-refractivity contribution in [1.29, 1.82) is 0 Å². The van der Waals surface area contributed by atoms with Crippen LogP contribution >= 0.6 is 0 Å². The van der Waals surface area contributed by atoms with E-state index in [1.54, 1.807) is 12.1 Å².